The lowest BCUT2D eigenvalue weighted by Crippen LogP contribution is -2.33. The predicted octanol–water partition coefficient (Wildman–Crippen LogP) is 2.07. The molecule has 1 aromatic rings. The lowest BCUT2D eigenvalue weighted by molar-refractivity contribution is 0.166. The fourth-order valence-corrected chi connectivity index (χ4v) is 5.79. The van der Waals surface area contributed by atoms with E-state index >= 15 is 0 Å². The fraction of sp³-hybridized carbons (Fsp3) is 0.562. The van der Waals surface area contributed by atoms with Crippen LogP contribution >= 0.6 is 12.2 Å². The van der Waals surface area contributed by atoms with Gasteiger partial charge in [-0.2, -0.15) is 0 Å². The Morgan fingerprint density at radius 2 is 1.91 bits per heavy atom. The molecule has 0 amide bonds. The van der Waals surface area contributed by atoms with Gasteiger partial charge in [0.2, 0.25) is 0 Å². The summed E-state index contributed by atoms with van der Waals surface area (Å²) in [5.41, 5.74) is 7.32. The zero-order valence-corrected chi connectivity index (χ0v) is 14.8. The molecule has 0 heterocycles. The molecule has 3 atom stereocenters. The first kappa shape index (κ1) is 17.4. The van der Waals surface area contributed by atoms with Gasteiger partial charge in [-0.3, -0.25) is 0 Å². The average molecular weight is 341 g/mol. The molecule has 1 fully saturated rings. The summed E-state index contributed by atoms with van der Waals surface area (Å²) in [4.78, 5) is 0.223. The zero-order chi connectivity index (χ0) is 16.5. The predicted molar refractivity (Wildman–Crippen MR) is 92.9 cm³/mol. The maximum Gasteiger partial charge on any atom is 0.154 e. The average Bonchev–Trinajstić information content (AvgIpc) is 3.19. The van der Waals surface area contributed by atoms with Gasteiger partial charge < -0.3 is 10.5 Å². The van der Waals surface area contributed by atoms with Crippen molar-refractivity contribution in [3.8, 4) is 0 Å². The van der Waals surface area contributed by atoms with Crippen molar-refractivity contribution in [2.24, 2.45) is 11.1 Å². The number of aryl methyl sites for hydroxylation is 1. The van der Waals surface area contributed by atoms with E-state index < -0.39 is 20.5 Å². The van der Waals surface area contributed by atoms with Crippen LogP contribution in [0.4, 0.5) is 0 Å². The molecule has 1 aliphatic rings. The van der Waals surface area contributed by atoms with Crippen molar-refractivity contribution >= 4 is 27.0 Å². The third kappa shape index (κ3) is 2.68. The number of hydrogen-bond acceptors (Lipinski definition) is 4. The van der Waals surface area contributed by atoms with Gasteiger partial charge in [0, 0.05) is 18.8 Å². The van der Waals surface area contributed by atoms with Gasteiger partial charge in [0.25, 0.3) is 0 Å². The maximum absolute atomic E-state index is 12.5. The van der Waals surface area contributed by atoms with Crippen LogP contribution in [0.2, 0.25) is 0 Å². The second kappa shape index (κ2) is 6.26. The summed E-state index contributed by atoms with van der Waals surface area (Å²) in [5, 5.41) is -0.588. The second-order valence-electron chi connectivity index (χ2n) is 5.78. The number of methoxy groups -OCH3 is 1. The normalized spacial score (nSPS) is 27.6. The van der Waals surface area contributed by atoms with Crippen LogP contribution in [0.5, 0.6) is 0 Å². The molecule has 22 heavy (non-hydrogen) atoms. The second-order valence-corrected chi connectivity index (χ2v) is 8.63. The van der Waals surface area contributed by atoms with E-state index in [0.29, 0.717) is 0 Å². The van der Waals surface area contributed by atoms with E-state index in [2.05, 4.69) is 6.92 Å². The van der Waals surface area contributed by atoms with Gasteiger partial charge in [-0.25, -0.2) is 8.42 Å². The van der Waals surface area contributed by atoms with Crippen LogP contribution in [0.1, 0.15) is 30.9 Å². The molecular formula is C16H23NO3S2. The lowest BCUT2D eigenvalue weighted by Gasteiger charge is -2.15. The SMILES string of the molecule is CCc1ccc([C@H]2[C@@H](S(=O)(=O)CC)[C@@]2(COC)C(N)=S)cc1. The molecule has 2 rings (SSSR count). The Morgan fingerprint density at radius 1 is 1.32 bits per heavy atom. The van der Waals surface area contributed by atoms with Crippen LogP contribution in [0.15, 0.2) is 24.3 Å². The number of sulfone groups is 1. The summed E-state index contributed by atoms with van der Waals surface area (Å²) in [6, 6.07) is 8.02. The third-order valence-electron chi connectivity index (χ3n) is 4.63. The Labute approximate surface area is 138 Å². The van der Waals surface area contributed by atoms with Crippen LogP contribution in [0.25, 0.3) is 0 Å². The lowest BCUT2D eigenvalue weighted by atomic mass is 9.98. The molecule has 0 spiro atoms. The number of ether oxygens (including phenoxy) is 1. The largest absolute Gasteiger partial charge is 0.393 e. The summed E-state index contributed by atoms with van der Waals surface area (Å²) in [6.07, 6.45) is 0.945. The van der Waals surface area contributed by atoms with Gasteiger partial charge in [0.1, 0.15) is 0 Å². The topological polar surface area (TPSA) is 69.4 Å². The van der Waals surface area contributed by atoms with E-state index in [-0.39, 0.29) is 23.3 Å². The van der Waals surface area contributed by atoms with E-state index in [1.54, 1.807) is 14.0 Å². The highest BCUT2D eigenvalue weighted by molar-refractivity contribution is 7.92. The molecule has 1 aromatic carbocycles. The maximum atomic E-state index is 12.5. The standard InChI is InChI=1S/C16H23NO3S2/c1-4-11-6-8-12(9-7-11)13-14(22(18,19)5-2)16(13,10-20-3)15(17)21/h6-9,13-14H,4-5,10H2,1-3H3,(H2,17,21)/t13-,14+,16-/m0/s1. The third-order valence-corrected chi connectivity index (χ3v) is 7.29. The van der Waals surface area contributed by atoms with Gasteiger partial charge in [-0.05, 0) is 17.5 Å². The zero-order valence-electron chi connectivity index (χ0n) is 13.2. The van der Waals surface area contributed by atoms with Gasteiger partial charge in [-0.15, -0.1) is 0 Å². The van der Waals surface area contributed by atoms with E-state index in [4.69, 9.17) is 22.7 Å². The number of thiocarbonyl (C=S) groups is 1. The number of rotatable bonds is 7. The quantitative estimate of drug-likeness (QED) is 0.769. The molecule has 6 heteroatoms. The summed E-state index contributed by atoms with van der Waals surface area (Å²) < 4.78 is 30.3. The Morgan fingerprint density at radius 3 is 2.32 bits per heavy atom. The highest BCUT2D eigenvalue weighted by Gasteiger charge is 2.72. The van der Waals surface area contributed by atoms with E-state index in [0.717, 1.165) is 12.0 Å². The van der Waals surface area contributed by atoms with Crippen molar-refractivity contribution in [1.82, 2.24) is 0 Å². The van der Waals surface area contributed by atoms with Crippen LogP contribution in [-0.4, -0.2) is 38.1 Å². The van der Waals surface area contributed by atoms with Crippen LogP contribution in [-0.2, 0) is 21.0 Å². The Bertz CT molecular complexity index is 654. The Balaban J connectivity index is 2.48. The fourth-order valence-electron chi connectivity index (χ4n) is 3.32. The minimum Gasteiger partial charge on any atom is -0.393 e. The van der Waals surface area contributed by atoms with Gasteiger partial charge in [0.05, 0.1) is 22.3 Å². The highest BCUT2D eigenvalue weighted by Crippen LogP contribution is 2.63. The van der Waals surface area contributed by atoms with Crippen LogP contribution in [0, 0.1) is 5.41 Å². The molecule has 122 valence electrons. The van der Waals surface area contributed by atoms with Crippen molar-refractivity contribution in [2.75, 3.05) is 19.5 Å². The first-order valence-electron chi connectivity index (χ1n) is 7.44. The summed E-state index contributed by atoms with van der Waals surface area (Å²) >= 11 is 5.21. The van der Waals surface area contributed by atoms with Crippen molar-refractivity contribution in [2.45, 2.75) is 31.4 Å². The molecule has 0 unspecified atom stereocenters. The first-order chi connectivity index (χ1) is 10.3. The first-order valence-corrected chi connectivity index (χ1v) is 9.56. The molecular weight excluding hydrogens is 318 g/mol. The van der Waals surface area contributed by atoms with E-state index in [9.17, 15) is 8.42 Å². The smallest absolute Gasteiger partial charge is 0.154 e. The van der Waals surface area contributed by atoms with Crippen LogP contribution < -0.4 is 5.73 Å². The van der Waals surface area contributed by atoms with E-state index in [1.807, 2.05) is 24.3 Å². The van der Waals surface area contributed by atoms with E-state index in [1.165, 1.54) is 5.56 Å². The van der Waals surface area contributed by atoms with Gasteiger partial charge in [-0.1, -0.05) is 50.3 Å². The van der Waals surface area contributed by atoms with Crippen LogP contribution in [0.3, 0.4) is 0 Å². The molecule has 0 bridgehead atoms. The van der Waals surface area contributed by atoms with Crippen molar-refractivity contribution < 1.29 is 13.2 Å². The minimum atomic E-state index is -3.26. The summed E-state index contributed by atoms with van der Waals surface area (Å²) in [5.74, 6) is -0.143. The Kier molecular flexibility index (Phi) is 4.94. The van der Waals surface area contributed by atoms with Crippen molar-refractivity contribution in [3.63, 3.8) is 0 Å². The molecule has 0 radical (unpaired) electrons. The van der Waals surface area contributed by atoms with Gasteiger partial charge in [0.15, 0.2) is 9.84 Å². The monoisotopic (exact) mass is 341 g/mol. The molecule has 1 aliphatic carbocycles. The van der Waals surface area contributed by atoms with Crippen molar-refractivity contribution in [3.05, 3.63) is 35.4 Å². The Hall–Kier alpha value is -0.980. The number of benzene rings is 1. The molecule has 2 N–H and O–H groups in total. The summed E-state index contributed by atoms with van der Waals surface area (Å²) in [7, 11) is -1.71. The molecule has 0 saturated heterocycles. The molecule has 4 nitrogen and oxygen atoms in total. The summed E-state index contributed by atoms with van der Waals surface area (Å²) in [6.45, 7) is 3.97. The number of hydrogen-bond donors (Lipinski definition) is 1. The minimum absolute atomic E-state index is 0.0787. The molecule has 1 saturated carbocycles. The van der Waals surface area contributed by atoms with Crippen molar-refractivity contribution in [1.29, 1.82) is 0 Å². The molecule has 0 aliphatic heterocycles. The molecule has 0 aromatic heterocycles. The highest BCUT2D eigenvalue weighted by atomic mass is 32.2. The van der Waals surface area contributed by atoms with Gasteiger partial charge >= 0.3 is 0 Å². The number of nitrogens with two attached hydrogens (primary N) is 1.